The summed E-state index contributed by atoms with van der Waals surface area (Å²) in [7, 11) is 1.52. The monoisotopic (exact) mass is 495 g/mol. The first-order valence-corrected chi connectivity index (χ1v) is 10.6. The molecule has 0 aliphatic carbocycles. The summed E-state index contributed by atoms with van der Waals surface area (Å²) in [6.45, 7) is 0.399. The normalized spacial score (nSPS) is 22.2. The van der Waals surface area contributed by atoms with E-state index < -0.39 is 25.0 Å². The molecule has 1 aromatic rings. The number of likely N-dealkylation sites (tertiary alicyclic amines) is 1. The molecule has 2 fully saturated rings. The molecule has 168 valence electrons. The Morgan fingerprint density at radius 3 is 2.50 bits per heavy atom. The molecule has 0 aromatic heterocycles. The number of piperidine rings is 1. The van der Waals surface area contributed by atoms with Gasteiger partial charge in [-0.05, 0) is 37.0 Å². The third-order valence-corrected chi connectivity index (χ3v) is 5.99. The van der Waals surface area contributed by atoms with Crippen molar-refractivity contribution in [2.45, 2.75) is 48.6 Å². The van der Waals surface area contributed by atoms with Crippen LogP contribution in [-0.4, -0.2) is 67.1 Å². The van der Waals surface area contributed by atoms with Crippen molar-refractivity contribution in [1.82, 2.24) is 4.90 Å². The molecule has 10 heteroatoms. The van der Waals surface area contributed by atoms with Crippen molar-refractivity contribution >= 4 is 22.0 Å². The predicted molar refractivity (Wildman–Crippen MR) is 106 cm³/mol. The van der Waals surface area contributed by atoms with E-state index in [9.17, 15) is 18.0 Å². The maximum absolute atomic E-state index is 13.3. The third kappa shape index (κ3) is 6.01. The fourth-order valence-corrected chi connectivity index (χ4v) is 4.35. The minimum atomic E-state index is -4.72. The van der Waals surface area contributed by atoms with Gasteiger partial charge in [0.2, 0.25) is 6.10 Å². The number of halogens is 4. The highest BCUT2D eigenvalue weighted by atomic mass is 79.9. The molecule has 1 amide bonds. The van der Waals surface area contributed by atoms with E-state index >= 15 is 0 Å². The van der Waals surface area contributed by atoms with E-state index in [-0.39, 0.29) is 17.0 Å². The predicted octanol–water partition coefficient (Wildman–Crippen LogP) is 4.30. The van der Waals surface area contributed by atoms with Crippen LogP contribution in [-0.2, 0) is 20.8 Å². The summed E-state index contributed by atoms with van der Waals surface area (Å²) in [4.78, 5) is 13.9. The van der Waals surface area contributed by atoms with Crippen LogP contribution in [0.2, 0.25) is 0 Å². The molecule has 0 N–H and O–H groups in total. The maximum Gasteiger partial charge on any atom is 0.427 e. The lowest BCUT2D eigenvalue weighted by molar-refractivity contribution is -0.220. The Hall–Kier alpha value is -1.52. The lowest BCUT2D eigenvalue weighted by atomic mass is 9.89. The zero-order valence-corrected chi connectivity index (χ0v) is 18.2. The van der Waals surface area contributed by atoms with Gasteiger partial charge in [-0.25, -0.2) is 4.79 Å². The van der Waals surface area contributed by atoms with Crippen LogP contribution in [0.3, 0.4) is 0 Å². The third-order valence-electron chi connectivity index (χ3n) is 5.40. The number of nitrogens with zero attached hydrogens (tertiary/aromatic N) is 1. The second-order valence-electron chi connectivity index (χ2n) is 7.56. The molecule has 0 bridgehead atoms. The summed E-state index contributed by atoms with van der Waals surface area (Å²) in [5, 5.41) is 0. The number of carbonyl (C=O) groups excluding carboxylic acids is 1. The number of rotatable bonds is 6. The number of ether oxygens (including phenoxy) is 4. The number of hydrogen-bond acceptors (Lipinski definition) is 5. The standard InChI is InChI=1S/C20H25BrF3NO5/c1-27-16-4-2-14(3-5-16)11-28-13-17(20(22,23)24)30-18(26)25-8-6-19(7-9-25)10-15(21)12-29-19/h2-5,15,17H,6-13H2,1H3. The Kier molecular flexibility index (Phi) is 7.52. The molecular weight excluding hydrogens is 471 g/mol. The molecule has 1 spiro atoms. The summed E-state index contributed by atoms with van der Waals surface area (Å²) < 4.78 is 60.8. The SMILES string of the molecule is COc1ccc(COCC(OC(=O)N2CCC3(CC2)CC(Br)CO3)C(F)(F)F)cc1. The number of methoxy groups -OCH3 is 1. The number of amides is 1. The zero-order chi connectivity index (χ0) is 21.8. The van der Waals surface area contributed by atoms with E-state index in [4.69, 9.17) is 18.9 Å². The smallest absolute Gasteiger partial charge is 0.427 e. The Balaban J connectivity index is 1.48. The van der Waals surface area contributed by atoms with Gasteiger partial charge >= 0.3 is 12.3 Å². The number of alkyl halides is 4. The highest BCUT2D eigenvalue weighted by Gasteiger charge is 2.46. The van der Waals surface area contributed by atoms with Crippen molar-refractivity contribution in [1.29, 1.82) is 0 Å². The zero-order valence-electron chi connectivity index (χ0n) is 16.6. The molecule has 2 aliphatic rings. The summed E-state index contributed by atoms with van der Waals surface area (Å²) in [6.07, 6.45) is -6.03. The van der Waals surface area contributed by atoms with Gasteiger partial charge in [0.05, 0.1) is 32.5 Å². The van der Waals surface area contributed by atoms with E-state index in [2.05, 4.69) is 15.9 Å². The van der Waals surface area contributed by atoms with Crippen LogP contribution in [0, 0.1) is 0 Å². The van der Waals surface area contributed by atoms with Gasteiger partial charge in [0.1, 0.15) is 5.75 Å². The number of carbonyl (C=O) groups is 1. The van der Waals surface area contributed by atoms with E-state index in [0.717, 1.165) is 6.42 Å². The summed E-state index contributed by atoms with van der Waals surface area (Å²) in [5.41, 5.74) is 0.390. The van der Waals surface area contributed by atoms with Crippen LogP contribution in [0.5, 0.6) is 5.75 Å². The quantitative estimate of drug-likeness (QED) is 0.550. The lowest BCUT2D eigenvalue weighted by Crippen LogP contribution is -2.49. The van der Waals surface area contributed by atoms with Gasteiger partial charge < -0.3 is 23.8 Å². The molecule has 2 atom stereocenters. The summed E-state index contributed by atoms with van der Waals surface area (Å²) >= 11 is 3.52. The van der Waals surface area contributed by atoms with Crippen LogP contribution in [0.25, 0.3) is 0 Å². The molecule has 6 nitrogen and oxygen atoms in total. The average molecular weight is 496 g/mol. The van der Waals surface area contributed by atoms with E-state index in [0.29, 0.717) is 43.9 Å². The van der Waals surface area contributed by atoms with Crippen molar-refractivity contribution in [2.75, 3.05) is 33.4 Å². The Morgan fingerprint density at radius 2 is 1.97 bits per heavy atom. The molecule has 2 heterocycles. The van der Waals surface area contributed by atoms with Gasteiger partial charge in [0.25, 0.3) is 0 Å². The van der Waals surface area contributed by atoms with Crippen LogP contribution in [0.4, 0.5) is 18.0 Å². The van der Waals surface area contributed by atoms with Crippen LogP contribution in [0.1, 0.15) is 24.8 Å². The van der Waals surface area contributed by atoms with Gasteiger partial charge in [0, 0.05) is 17.9 Å². The molecule has 2 unspecified atom stereocenters. The van der Waals surface area contributed by atoms with Crippen molar-refractivity contribution in [3.63, 3.8) is 0 Å². The fraction of sp³-hybridized carbons (Fsp3) is 0.650. The van der Waals surface area contributed by atoms with Crippen LogP contribution in [0.15, 0.2) is 24.3 Å². The van der Waals surface area contributed by atoms with Crippen molar-refractivity contribution in [2.24, 2.45) is 0 Å². The van der Waals surface area contributed by atoms with Gasteiger partial charge in [-0.3, -0.25) is 0 Å². The van der Waals surface area contributed by atoms with Gasteiger partial charge in [-0.2, -0.15) is 13.2 Å². The second-order valence-corrected chi connectivity index (χ2v) is 8.85. The minimum Gasteiger partial charge on any atom is -0.497 e. The second kappa shape index (κ2) is 9.74. The summed E-state index contributed by atoms with van der Waals surface area (Å²) in [6, 6.07) is 6.77. The molecule has 3 rings (SSSR count). The topological polar surface area (TPSA) is 57.2 Å². The Morgan fingerprint density at radius 1 is 1.30 bits per heavy atom. The molecule has 0 saturated carbocycles. The first-order chi connectivity index (χ1) is 14.2. The van der Waals surface area contributed by atoms with Gasteiger partial charge in [-0.15, -0.1) is 0 Å². The summed E-state index contributed by atoms with van der Waals surface area (Å²) in [5.74, 6) is 0.638. The Labute approximate surface area is 181 Å². The van der Waals surface area contributed by atoms with Crippen LogP contribution >= 0.6 is 15.9 Å². The highest BCUT2D eigenvalue weighted by molar-refractivity contribution is 9.09. The van der Waals surface area contributed by atoms with E-state index in [1.807, 2.05) is 0 Å². The minimum absolute atomic E-state index is 0.0363. The van der Waals surface area contributed by atoms with Crippen molar-refractivity contribution in [3.8, 4) is 5.75 Å². The van der Waals surface area contributed by atoms with E-state index in [1.165, 1.54) is 12.0 Å². The molecule has 2 saturated heterocycles. The first kappa shape index (κ1) is 23.1. The molecule has 30 heavy (non-hydrogen) atoms. The molecular formula is C20H25BrF3NO5. The molecule has 0 radical (unpaired) electrons. The van der Waals surface area contributed by atoms with Crippen LogP contribution < -0.4 is 4.74 Å². The fourth-order valence-electron chi connectivity index (χ4n) is 3.63. The van der Waals surface area contributed by atoms with Crippen molar-refractivity contribution < 1.29 is 36.9 Å². The Bertz CT molecular complexity index is 707. The maximum atomic E-state index is 13.3. The lowest BCUT2D eigenvalue weighted by Gasteiger charge is -2.38. The van der Waals surface area contributed by atoms with Crippen molar-refractivity contribution in [3.05, 3.63) is 29.8 Å². The van der Waals surface area contributed by atoms with E-state index in [1.54, 1.807) is 24.3 Å². The largest absolute Gasteiger partial charge is 0.497 e. The molecule has 1 aromatic carbocycles. The molecule has 2 aliphatic heterocycles. The van der Waals surface area contributed by atoms with Gasteiger partial charge in [0.15, 0.2) is 0 Å². The van der Waals surface area contributed by atoms with Gasteiger partial charge in [-0.1, -0.05) is 28.1 Å². The number of hydrogen-bond donors (Lipinski definition) is 0. The highest BCUT2D eigenvalue weighted by Crippen LogP contribution is 2.38. The number of benzene rings is 1. The first-order valence-electron chi connectivity index (χ1n) is 9.72. The average Bonchev–Trinajstić information content (AvgIpc) is 3.07.